The lowest BCUT2D eigenvalue weighted by Crippen LogP contribution is -2.64. The summed E-state index contributed by atoms with van der Waals surface area (Å²) in [6.45, 7) is 2.59. The van der Waals surface area contributed by atoms with Gasteiger partial charge in [-0.25, -0.2) is 37.8 Å². The van der Waals surface area contributed by atoms with E-state index in [4.69, 9.17) is 93.6 Å². The maximum absolute atomic E-state index is 14.2. The molecule has 0 saturated carbocycles. The number of amides is 1. The van der Waals surface area contributed by atoms with Crippen LogP contribution < -0.4 is 11.1 Å². The van der Waals surface area contributed by atoms with Crippen LogP contribution in [0.5, 0.6) is 0 Å². The van der Waals surface area contributed by atoms with Crippen LogP contribution in [0.25, 0.3) is 11.2 Å². The van der Waals surface area contributed by atoms with E-state index in [9.17, 15) is 98.0 Å². The van der Waals surface area contributed by atoms with Crippen LogP contribution in [0.15, 0.2) is 12.7 Å². The summed E-state index contributed by atoms with van der Waals surface area (Å²) in [5.41, 5.74) is 5.05. The molecule has 0 aromatic carbocycles. The normalized spacial score (nSPS) is 29.6. The molecular formula is C68H127N6O39P5. The number of nitrogens with zero attached hydrogens (tertiary/aromatic N) is 4. The van der Waals surface area contributed by atoms with E-state index in [1.807, 2.05) is 0 Å². The minimum atomic E-state index is -5.23. The van der Waals surface area contributed by atoms with Gasteiger partial charge in [0.05, 0.1) is 111 Å². The summed E-state index contributed by atoms with van der Waals surface area (Å²) < 4.78 is 174. The second kappa shape index (κ2) is 52.7. The van der Waals surface area contributed by atoms with Crippen molar-refractivity contribution in [3.05, 3.63) is 12.7 Å². The van der Waals surface area contributed by atoms with E-state index >= 15 is 0 Å². The fraction of sp³-hybridized carbons (Fsp3) is 0.912. The number of nitrogen functional groups attached to an aromatic ring is 1. The van der Waals surface area contributed by atoms with E-state index in [1.54, 1.807) is 13.8 Å². The molecule has 0 radical (unpaired) electrons. The highest BCUT2D eigenvalue weighted by atomic mass is 31.2. The molecule has 17 N–H and O–H groups in total. The second-order valence-corrected chi connectivity index (χ2v) is 36.9. The Kier molecular flexibility index (Phi) is 46.6. The number of fused-ring (bicyclic) bond motifs is 1. The van der Waals surface area contributed by atoms with Crippen molar-refractivity contribution in [2.24, 2.45) is 17.3 Å². The molecule has 4 saturated heterocycles. The van der Waals surface area contributed by atoms with Gasteiger partial charge in [-0.15, -0.1) is 0 Å². The average molecular weight is 1810 g/mol. The summed E-state index contributed by atoms with van der Waals surface area (Å²) in [5, 5.41) is 92.9. The molecule has 2 aromatic heterocycles. The van der Waals surface area contributed by atoms with E-state index in [0.29, 0.717) is 77.0 Å². The molecule has 24 atom stereocenters. The molecule has 50 heteroatoms. The number of carbonyl (C=O) groups excluding carboxylic acids is 1. The lowest BCUT2D eigenvalue weighted by Gasteiger charge is -2.42. The lowest BCUT2D eigenvalue weighted by molar-refractivity contribution is -0.282. The first kappa shape index (κ1) is 104. The number of rotatable bonds is 63. The number of aliphatic hydroxyl groups excluding tert-OH is 9. The monoisotopic (exact) mass is 1810 g/mol. The van der Waals surface area contributed by atoms with Gasteiger partial charge in [-0.1, -0.05) is 65.2 Å². The molecule has 688 valence electrons. The summed E-state index contributed by atoms with van der Waals surface area (Å²) in [4.78, 5) is 78.2. The molecule has 13 unspecified atom stereocenters. The van der Waals surface area contributed by atoms with Crippen LogP contribution in [-0.4, -0.2) is 313 Å². The van der Waals surface area contributed by atoms with Crippen molar-refractivity contribution < 1.29 is 186 Å². The van der Waals surface area contributed by atoms with Gasteiger partial charge in [0, 0.05) is 63.6 Å². The number of anilines is 1. The summed E-state index contributed by atoms with van der Waals surface area (Å²) in [5.74, 6) is -1.59. The third-order valence-electron chi connectivity index (χ3n) is 19.6. The summed E-state index contributed by atoms with van der Waals surface area (Å²) in [7, 11) is -23.8. The van der Waals surface area contributed by atoms with Gasteiger partial charge in [-0.05, 0) is 78.1 Å². The van der Waals surface area contributed by atoms with Gasteiger partial charge < -0.3 is 124 Å². The summed E-state index contributed by atoms with van der Waals surface area (Å²) >= 11 is 0. The van der Waals surface area contributed by atoms with Gasteiger partial charge in [0.25, 0.3) is 0 Å². The van der Waals surface area contributed by atoms with Gasteiger partial charge in [-0.3, -0.25) is 54.6 Å². The van der Waals surface area contributed by atoms with E-state index in [2.05, 4.69) is 20.3 Å². The number of imidazole rings is 1. The van der Waals surface area contributed by atoms with Crippen molar-refractivity contribution in [3.8, 4) is 0 Å². The van der Waals surface area contributed by atoms with Gasteiger partial charge in [0.1, 0.15) is 79.0 Å². The van der Waals surface area contributed by atoms with Crippen molar-refractivity contribution in [1.82, 2.24) is 24.8 Å². The molecule has 4 fully saturated rings. The third kappa shape index (κ3) is 36.5. The minimum absolute atomic E-state index is 0.00593. The molecule has 0 aliphatic carbocycles. The van der Waals surface area contributed by atoms with Crippen LogP contribution in [-0.2, 0) is 115 Å². The molecule has 1 amide bonds. The van der Waals surface area contributed by atoms with Gasteiger partial charge in [0.2, 0.25) is 5.91 Å². The molecular weight excluding hydrogens is 1680 g/mol. The first-order valence-corrected chi connectivity index (χ1v) is 47.3. The quantitative estimate of drug-likeness (QED) is 0.0333. The number of hydrogen-bond acceptors (Lipinski definition) is 38. The van der Waals surface area contributed by atoms with Gasteiger partial charge in [-0.2, -0.15) is 0 Å². The average Bonchev–Trinajstić information content (AvgIpc) is 1.61. The Labute approximate surface area is 685 Å². The molecule has 4 aliphatic rings. The molecule has 6 heterocycles. The zero-order chi connectivity index (χ0) is 86.7. The number of phosphoric acid groups is 5. The molecule has 6 rings (SSSR count). The maximum atomic E-state index is 14.2. The highest BCUT2D eigenvalue weighted by Gasteiger charge is 2.48. The molecule has 0 bridgehead atoms. The van der Waals surface area contributed by atoms with Crippen molar-refractivity contribution in [1.29, 1.82) is 0 Å². The van der Waals surface area contributed by atoms with Crippen molar-refractivity contribution >= 4 is 62.0 Å². The molecule has 4 aliphatic heterocycles. The lowest BCUT2D eigenvalue weighted by atomic mass is 9.85. The molecule has 0 spiro atoms. The number of ether oxygens (including phenoxy) is 9. The van der Waals surface area contributed by atoms with Crippen LogP contribution in [0.4, 0.5) is 5.82 Å². The third-order valence-corrected chi connectivity index (χ3v) is 24.8. The van der Waals surface area contributed by atoms with Crippen LogP contribution in [0.1, 0.15) is 163 Å². The number of unbranched alkanes of at least 4 members (excludes halogenated alkanes) is 11. The topological polar surface area (TPSA) is 643 Å². The molecule has 2 aromatic rings. The van der Waals surface area contributed by atoms with Gasteiger partial charge >= 0.3 is 39.1 Å². The van der Waals surface area contributed by atoms with Crippen molar-refractivity contribution in [2.45, 2.75) is 261 Å². The predicted molar refractivity (Wildman–Crippen MR) is 410 cm³/mol. The standard InChI is InChI=1S/C68H127N6O39P5/c1-45(2)112-118(93,94)113-49-35-54(74-44-72-56-63(69)70-43-71-64(56)74)108-53(49)39-106-117(91,92)107-42-68(23-13-12-20-32-103-114(85,86)100-29-17-9-6-14-26-97-65-46(3)57(79)59(81)50(36-75)109-65,40-95-24-21-33-104-115(87,88)101-30-18-10-7-15-27-98-66-47(4)58(80)60(82)51(37-76)110-66)41-96-25-22-34-105-116(89,90)102-31-19-11-8-16-28-99-67-55(73-48(5)78)62(84)61(83)52(38-77)111-67/h43-47,49-55,57-62,65-67,75-77,79-84H,6-42H2,1-5H3,(H,73,78)(H,85,86)(H,87,88)(H,89,90)(H,91,92)(H,93,94)(H2,69,70,71)/t46?,47?,49?,50?,51?,52?,53-,54-,55?,57-,58-,59+,60+,61+,62-,65-,66-,67-,68?/m1/s1. The number of nitrogens with one attached hydrogen (secondary N) is 1. The first-order chi connectivity index (χ1) is 55.9. The van der Waals surface area contributed by atoms with E-state index in [-0.39, 0.29) is 148 Å². The largest absolute Gasteiger partial charge is 0.472 e. The van der Waals surface area contributed by atoms with Crippen LogP contribution in [0, 0.1) is 17.3 Å². The number of phosphoric ester groups is 5. The Hall–Kier alpha value is -2.35. The smallest absolute Gasteiger partial charge is 0.394 e. The van der Waals surface area contributed by atoms with Crippen molar-refractivity contribution in [3.63, 3.8) is 0 Å². The van der Waals surface area contributed by atoms with Gasteiger partial charge in [0.15, 0.2) is 30.3 Å². The zero-order valence-corrected chi connectivity index (χ0v) is 71.8. The maximum Gasteiger partial charge on any atom is 0.472 e. The van der Waals surface area contributed by atoms with Crippen molar-refractivity contribution in [2.75, 3.05) is 125 Å². The highest BCUT2D eigenvalue weighted by Crippen LogP contribution is 2.52. The van der Waals surface area contributed by atoms with E-state index < -0.39 is 200 Å². The number of aliphatic hydroxyl groups is 9. The Morgan fingerprint density at radius 1 is 0.500 bits per heavy atom. The van der Waals surface area contributed by atoms with Crippen LogP contribution in [0.2, 0.25) is 0 Å². The Bertz CT molecular complexity index is 3340. The SMILES string of the molecule is CC(=O)NC1[C@H](OCCCCCCOP(=O)(O)OCCCOCC(CCCCCOP(=O)(O)OCCCCCCO[C@@H]2OC(CO)[C@H](O)[C@H](O)C2C)(COCCCOP(=O)(O)OCCCCCCO[C@@H]2OC(CO)[C@H](O)[C@H](O)C2C)COP(=O)(O)OC[C@H]2O[C@@H](n3cnc4c(N)ncnc43)CC2OP(=O)(O)OC(C)C)OC(CO)[C@H](O)[C@@H]1O. The highest BCUT2D eigenvalue weighted by molar-refractivity contribution is 7.48. The molecule has 45 nitrogen and oxygen atoms in total. The first-order valence-electron chi connectivity index (χ1n) is 39.9. The predicted octanol–water partition coefficient (Wildman–Crippen LogP) is 3.33. The minimum Gasteiger partial charge on any atom is -0.394 e. The second-order valence-electron chi connectivity index (χ2n) is 29.7. The summed E-state index contributed by atoms with van der Waals surface area (Å²) in [6.07, 6.45) is -9.20. The van der Waals surface area contributed by atoms with Crippen LogP contribution in [0.3, 0.4) is 0 Å². The Balaban J connectivity index is 1.06. The van der Waals surface area contributed by atoms with E-state index in [1.165, 1.54) is 38.0 Å². The fourth-order valence-corrected chi connectivity index (χ4v) is 17.4. The number of hydrogen-bond donors (Lipinski definition) is 16. The molecule has 118 heavy (non-hydrogen) atoms. The summed E-state index contributed by atoms with van der Waals surface area (Å²) in [6, 6.07) is -1.11. The number of aromatic nitrogens is 4. The zero-order valence-electron chi connectivity index (χ0n) is 67.4. The van der Waals surface area contributed by atoms with Crippen LogP contribution >= 0.6 is 39.1 Å². The Morgan fingerprint density at radius 2 is 0.907 bits per heavy atom. The fourth-order valence-electron chi connectivity index (χ4n) is 13.0. The van der Waals surface area contributed by atoms with E-state index in [0.717, 1.165) is 0 Å². The number of carbonyl (C=O) groups is 1. The Morgan fingerprint density at radius 3 is 1.35 bits per heavy atom. The number of nitrogens with two attached hydrogens (primary N) is 1.